The molecule has 2 rings (SSSR count). The molecule has 0 aromatic carbocycles. The Bertz CT molecular complexity index is 524. The maximum atomic E-state index is 12.1. The second-order valence-electron chi connectivity index (χ2n) is 6.54. The van der Waals surface area contributed by atoms with Crippen molar-refractivity contribution in [2.24, 2.45) is 5.92 Å². The first kappa shape index (κ1) is 18.7. The van der Waals surface area contributed by atoms with Crippen molar-refractivity contribution in [2.45, 2.75) is 46.7 Å². The summed E-state index contributed by atoms with van der Waals surface area (Å²) in [5.74, 6) is 1.23. The lowest BCUT2D eigenvalue weighted by atomic mass is 10.0. The highest BCUT2D eigenvalue weighted by molar-refractivity contribution is 5.73. The van der Waals surface area contributed by atoms with Crippen LogP contribution in [0.3, 0.4) is 0 Å². The molecule has 7 heteroatoms. The molecule has 0 saturated carbocycles. The van der Waals surface area contributed by atoms with Crippen LogP contribution in [0, 0.1) is 12.8 Å². The van der Waals surface area contributed by atoms with Crippen LogP contribution in [0.5, 0.6) is 0 Å². The van der Waals surface area contributed by atoms with Crippen molar-refractivity contribution in [1.82, 2.24) is 20.7 Å². The second-order valence-corrected chi connectivity index (χ2v) is 6.54. The van der Waals surface area contributed by atoms with Gasteiger partial charge >= 0.3 is 6.03 Å². The number of aromatic nitrogens is 1. The Morgan fingerprint density at radius 2 is 2.00 bits per heavy atom. The first-order chi connectivity index (χ1) is 11.5. The molecule has 1 unspecified atom stereocenters. The Balaban J connectivity index is 1.81. The van der Waals surface area contributed by atoms with E-state index in [0.717, 1.165) is 49.7 Å². The fraction of sp³-hybridized carbons (Fsp3) is 0.765. The monoisotopic (exact) mass is 338 g/mol. The largest absolute Gasteiger partial charge is 0.379 e. The smallest absolute Gasteiger partial charge is 0.315 e. The summed E-state index contributed by atoms with van der Waals surface area (Å²) in [5.41, 5.74) is 1.88. The summed E-state index contributed by atoms with van der Waals surface area (Å²) >= 11 is 0. The van der Waals surface area contributed by atoms with Gasteiger partial charge in [0.05, 0.1) is 18.9 Å². The van der Waals surface area contributed by atoms with E-state index in [0.29, 0.717) is 25.0 Å². The summed E-state index contributed by atoms with van der Waals surface area (Å²) in [6.45, 7) is 12.7. The van der Waals surface area contributed by atoms with Crippen LogP contribution < -0.4 is 10.6 Å². The van der Waals surface area contributed by atoms with E-state index in [9.17, 15) is 4.79 Å². The van der Waals surface area contributed by atoms with E-state index >= 15 is 0 Å². The zero-order chi connectivity index (χ0) is 17.5. The topological polar surface area (TPSA) is 79.6 Å². The van der Waals surface area contributed by atoms with Crippen molar-refractivity contribution in [1.29, 1.82) is 0 Å². The lowest BCUT2D eigenvalue weighted by Gasteiger charge is -2.36. The van der Waals surface area contributed by atoms with Gasteiger partial charge in [-0.05, 0) is 19.3 Å². The molecule has 7 nitrogen and oxygen atoms in total. The van der Waals surface area contributed by atoms with Gasteiger partial charge in [-0.2, -0.15) is 0 Å². The summed E-state index contributed by atoms with van der Waals surface area (Å²) in [6, 6.07) is 0.166. The normalized spacial score (nSPS) is 17.0. The van der Waals surface area contributed by atoms with Gasteiger partial charge in [-0.25, -0.2) is 4.79 Å². The Morgan fingerprint density at radius 3 is 2.62 bits per heavy atom. The molecule has 1 saturated heterocycles. The molecule has 0 aliphatic carbocycles. The number of amides is 2. The van der Waals surface area contributed by atoms with Crippen molar-refractivity contribution in [3.63, 3.8) is 0 Å². The van der Waals surface area contributed by atoms with Crippen LogP contribution in [0.25, 0.3) is 0 Å². The highest BCUT2D eigenvalue weighted by atomic mass is 16.5. The van der Waals surface area contributed by atoms with E-state index in [-0.39, 0.29) is 6.03 Å². The van der Waals surface area contributed by atoms with Crippen LogP contribution in [0.15, 0.2) is 4.52 Å². The number of carbonyl (C=O) groups excluding carboxylic acids is 1. The number of carbonyl (C=O) groups is 1. The minimum Gasteiger partial charge on any atom is -0.379 e. The Labute approximate surface area is 144 Å². The summed E-state index contributed by atoms with van der Waals surface area (Å²) in [5, 5.41) is 9.91. The predicted molar refractivity (Wildman–Crippen MR) is 91.9 cm³/mol. The molecule has 2 amide bonds. The summed E-state index contributed by atoms with van der Waals surface area (Å²) in [4.78, 5) is 14.5. The standard InChI is InChI=1S/C17H30N4O3/c1-5-15-14(13(4)24-20-15)10-18-17(22)19-11-16(12(2)3)21-6-8-23-9-7-21/h12,16H,5-11H2,1-4H3,(H2,18,19,22). The maximum absolute atomic E-state index is 12.1. The average molecular weight is 338 g/mol. The molecular weight excluding hydrogens is 308 g/mol. The van der Waals surface area contributed by atoms with Crippen LogP contribution >= 0.6 is 0 Å². The Hall–Kier alpha value is -1.60. The first-order valence-corrected chi connectivity index (χ1v) is 8.80. The molecule has 0 radical (unpaired) electrons. The third-order valence-electron chi connectivity index (χ3n) is 4.58. The molecule has 2 N–H and O–H groups in total. The van der Waals surface area contributed by atoms with Gasteiger partial charge in [0.1, 0.15) is 5.76 Å². The van der Waals surface area contributed by atoms with E-state index < -0.39 is 0 Å². The Morgan fingerprint density at radius 1 is 1.29 bits per heavy atom. The van der Waals surface area contributed by atoms with Gasteiger partial charge in [-0.15, -0.1) is 0 Å². The first-order valence-electron chi connectivity index (χ1n) is 8.80. The summed E-state index contributed by atoms with van der Waals surface area (Å²) in [7, 11) is 0. The van der Waals surface area contributed by atoms with Crippen molar-refractivity contribution >= 4 is 6.03 Å². The number of urea groups is 1. The zero-order valence-corrected chi connectivity index (χ0v) is 15.2. The fourth-order valence-electron chi connectivity index (χ4n) is 3.07. The van der Waals surface area contributed by atoms with Crippen LogP contribution in [-0.2, 0) is 17.7 Å². The third kappa shape index (κ3) is 4.95. The van der Waals surface area contributed by atoms with Gasteiger partial charge in [0.15, 0.2) is 0 Å². The SMILES string of the molecule is CCc1noc(C)c1CNC(=O)NCC(C(C)C)N1CCOCC1. The molecular formula is C17H30N4O3. The number of rotatable bonds is 7. The minimum absolute atomic E-state index is 0.156. The quantitative estimate of drug-likeness (QED) is 0.791. The Kier molecular flexibility index (Phi) is 7.05. The zero-order valence-electron chi connectivity index (χ0n) is 15.2. The minimum atomic E-state index is -0.156. The van der Waals surface area contributed by atoms with Gasteiger partial charge in [-0.3, -0.25) is 4.90 Å². The molecule has 1 aliphatic heterocycles. The number of morpholine rings is 1. The van der Waals surface area contributed by atoms with E-state index in [1.54, 1.807) is 0 Å². The maximum Gasteiger partial charge on any atom is 0.315 e. The van der Waals surface area contributed by atoms with Gasteiger partial charge in [0.2, 0.25) is 0 Å². The second kappa shape index (κ2) is 9.03. The molecule has 1 atom stereocenters. The molecule has 1 aromatic heterocycles. The van der Waals surface area contributed by atoms with Crippen molar-refractivity contribution in [3.8, 4) is 0 Å². The lowest BCUT2D eigenvalue weighted by molar-refractivity contribution is 0.00719. The molecule has 1 fully saturated rings. The fourth-order valence-corrected chi connectivity index (χ4v) is 3.07. The van der Waals surface area contributed by atoms with Gasteiger partial charge in [0.25, 0.3) is 0 Å². The van der Waals surface area contributed by atoms with Crippen LogP contribution in [0.2, 0.25) is 0 Å². The number of ether oxygens (including phenoxy) is 1. The molecule has 1 aromatic rings. The van der Waals surface area contributed by atoms with Gasteiger partial charge in [-0.1, -0.05) is 25.9 Å². The molecule has 136 valence electrons. The van der Waals surface area contributed by atoms with Crippen LogP contribution in [-0.4, -0.2) is 55.0 Å². The number of hydrogen-bond donors (Lipinski definition) is 2. The van der Waals surface area contributed by atoms with Crippen molar-refractivity contribution in [3.05, 3.63) is 17.0 Å². The van der Waals surface area contributed by atoms with Gasteiger partial charge in [0, 0.05) is 37.8 Å². The van der Waals surface area contributed by atoms with E-state index in [4.69, 9.17) is 9.26 Å². The highest BCUT2D eigenvalue weighted by Crippen LogP contribution is 2.14. The molecule has 2 heterocycles. The highest BCUT2D eigenvalue weighted by Gasteiger charge is 2.24. The number of nitrogens with zero attached hydrogens (tertiary/aromatic N) is 2. The number of nitrogens with one attached hydrogen (secondary N) is 2. The van der Waals surface area contributed by atoms with Crippen molar-refractivity contribution < 1.29 is 14.1 Å². The van der Waals surface area contributed by atoms with Gasteiger partial charge < -0.3 is 19.9 Å². The van der Waals surface area contributed by atoms with Crippen LogP contribution in [0.4, 0.5) is 4.79 Å². The molecule has 1 aliphatic rings. The average Bonchev–Trinajstić information content (AvgIpc) is 2.93. The molecule has 0 spiro atoms. The third-order valence-corrected chi connectivity index (χ3v) is 4.58. The number of aryl methyl sites for hydroxylation is 2. The predicted octanol–water partition coefficient (Wildman–Crippen LogP) is 1.70. The molecule has 24 heavy (non-hydrogen) atoms. The van der Waals surface area contributed by atoms with Crippen molar-refractivity contribution in [2.75, 3.05) is 32.8 Å². The number of hydrogen-bond acceptors (Lipinski definition) is 5. The van der Waals surface area contributed by atoms with Crippen LogP contribution in [0.1, 0.15) is 37.8 Å². The van der Waals surface area contributed by atoms with E-state index in [1.807, 2.05) is 13.8 Å². The van der Waals surface area contributed by atoms with E-state index in [1.165, 1.54) is 0 Å². The summed E-state index contributed by atoms with van der Waals surface area (Å²) < 4.78 is 10.6. The lowest BCUT2D eigenvalue weighted by Crippen LogP contribution is -2.52. The molecule has 0 bridgehead atoms. The van der Waals surface area contributed by atoms with E-state index in [2.05, 4.69) is 34.5 Å². The summed E-state index contributed by atoms with van der Waals surface area (Å²) in [6.07, 6.45) is 0.794.